The van der Waals surface area contributed by atoms with Crippen LogP contribution in [0.1, 0.15) is 46.5 Å². The Labute approximate surface area is 76.4 Å². The highest BCUT2D eigenvalue weighted by Crippen LogP contribution is 2.32. The SMILES string of the molecule is C=C(C)/C(C)=C1\CCCCC1C. The molecule has 68 valence electrons. The van der Waals surface area contributed by atoms with Gasteiger partial charge in [-0.3, -0.25) is 0 Å². The van der Waals surface area contributed by atoms with E-state index < -0.39 is 0 Å². The normalized spacial score (nSPS) is 28.4. The number of rotatable bonds is 1. The van der Waals surface area contributed by atoms with Crippen LogP contribution in [-0.2, 0) is 0 Å². The first kappa shape index (κ1) is 9.57. The molecule has 1 aliphatic rings. The first-order valence-electron chi connectivity index (χ1n) is 4.98. The molecule has 1 atom stereocenters. The van der Waals surface area contributed by atoms with E-state index >= 15 is 0 Å². The molecule has 1 rings (SSSR count). The molecule has 1 aliphatic carbocycles. The summed E-state index contributed by atoms with van der Waals surface area (Å²) in [5, 5.41) is 0. The van der Waals surface area contributed by atoms with E-state index in [1.165, 1.54) is 36.8 Å². The van der Waals surface area contributed by atoms with Gasteiger partial charge in [-0.2, -0.15) is 0 Å². The van der Waals surface area contributed by atoms with Crippen molar-refractivity contribution in [3.05, 3.63) is 23.3 Å². The van der Waals surface area contributed by atoms with E-state index in [0.29, 0.717) is 0 Å². The Morgan fingerprint density at radius 1 is 1.33 bits per heavy atom. The molecule has 1 unspecified atom stereocenters. The zero-order valence-electron chi connectivity index (χ0n) is 8.61. The van der Waals surface area contributed by atoms with Crippen LogP contribution in [0.15, 0.2) is 23.3 Å². The third kappa shape index (κ3) is 2.00. The lowest BCUT2D eigenvalue weighted by Gasteiger charge is -2.24. The van der Waals surface area contributed by atoms with Gasteiger partial charge >= 0.3 is 0 Å². The minimum atomic E-state index is 0.801. The highest BCUT2D eigenvalue weighted by Gasteiger charge is 2.16. The van der Waals surface area contributed by atoms with Gasteiger partial charge < -0.3 is 0 Å². The van der Waals surface area contributed by atoms with E-state index in [9.17, 15) is 0 Å². The fraction of sp³-hybridized carbons (Fsp3) is 0.667. The van der Waals surface area contributed by atoms with E-state index in [0.717, 1.165) is 5.92 Å². The molecule has 0 saturated heterocycles. The Bertz CT molecular complexity index is 208. The van der Waals surface area contributed by atoms with E-state index in [4.69, 9.17) is 0 Å². The van der Waals surface area contributed by atoms with Crippen LogP contribution in [0.4, 0.5) is 0 Å². The minimum Gasteiger partial charge on any atom is -0.0959 e. The fourth-order valence-electron chi connectivity index (χ4n) is 2.02. The van der Waals surface area contributed by atoms with Gasteiger partial charge in [-0.05, 0) is 44.6 Å². The molecule has 0 aromatic heterocycles. The third-order valence-corrected chi connectivity index (χ3v) is 3.05. The van der Waals surface area contributed by atoms with Gasteiger partial charge in [-0.1, -0.05) is 31.1 Å². The second-order valence-corrected chi connectivity index (χ2v) is 4.08. The molecule has 0 aromatic carbocycles. The number of hydrogen-bond acceptors (Lipinski definition) is 0. The highest BCUT2D eigenvalue weighted by molar-refractivity contribution is 5.31. The van der Waals surface area contributed by atoms with Crippen LogP contribution < -0.4 is 0 Å². The molecule has 0 nitrogen and oxygen atoms in total. The zero-order valence-corrected chi connectivity index (χ0v) is 8.61. The average Bonchev–Trinajstić information content (AvgIpc) is 2.04. The van der Waals surface area contributed by atoms with Crippen LogP contribution in [0.2, 0.25) is 0 Å². The smallest absolute Gasteiger partial charge is 0.0226 e. The summed E-state index contributed by atoms with van der Waals surface area (Å²) in [6, 6.07) is 0. The van der Waals surface area contributed by atoms with Crippen molar-refractivity contribution >= 4 is 0 Å². The Kier molecular flexibility index (Phi) is 3.13. The molecule has 0 heterocycles. The van der Waals surface area contributed by atoms with Crippen LogP contribution in [0.3, 0.4) is 0 Å². The van der Waals surface area contributed by atoms with Gasteiger partial charge in [-0.15, -0.1) is 0 Å². The summed E-state index contributed by atoms with van der Waals surface area (Å²) in [7, 11) is 0. The van der Waals surface area contributed by atoms with E-state index in [2.05, 4.69) is 27.4 Å². The summed E-state index contributed by atoms with van der Waals surface area (Å²) in [5.41, 5.74) is 4.37. The molecule has 1 fully saturated rings. The average molecular weight is 164 g/mol. The quantitative estimate of drug-likeness (QED) is 0.547. The standard InChI is InChI=1S/C12H20/c1-9(2)11(4)12-8-6-5-7-10(12)3/h10H,1,5-8H2,2-4H3/b12-11+. The minimum absolute atomic E-state index is 0.801. The van der Waals surface area contributed by atoms with Gasteiger partial charge in [0, 0.05) is 0 Å². The van der Waals surface area contributed by atoms with Gasteiger partial charge in [0.15, 0.2) is 0 Å². The largest absolute Gasteiger partial charge is 0.0959 e. The molecule has 0 amide bonds. The first-order chi connectivity index (χ1) is 5.63. The van der Waals surface area contributed by atoms with Crippen molar-refractivity contribution in [2.45, 2.75) is 46.5 Å². The molecule has 0 N–H and O–H groups in total. The van der Waals surface area contributed by atoms with E-state index in [-0.39, 0.29) is 0 Å². The van der Waals surface area contributed by atoms with Crippen LogP contribution in [0, 0.1) is 5.92 Å². The van der Waals surface area contributed by atoms with Crippen molar-refractivity contribution in [1.29, 1.82) is 0 Å². The highest BCUT2D eigenvalue weighted by atomic mass is 14.2. The predicted octanol–water partition coefficient (Wildman–Crippen LogP) is 4.09. The summed E-state index contributed by atoms with van der Waals surface area (Å²) in [6.45, 7) is 10.7. The maximum atomic E-state index is 4.01. The van der Waals surface area contributed by atoms with Gasteiger partial charge in [0.05, 0.1) is 0 Å². The lowest BCUT2D eigenvalue weighted by Crippen LogP contribution is -2.08. The fourth-order valence-corrected chi connectivity index (χ4v) is 2.02. The van der Waals surface area contributed by atoms with Crippen molar-refractivity contribution in [2.75, 3.05) is 0 Å². The number of hydrogen-bond donors (Lipinski definition) is 0. The Morgan fingerprint density at radius 3 is 2.50 bits per heavy atom. The van der Waals surface area contributed by atoms with E-state index in [1.54, 1.807) is 5.57 Å². The van der Waals surface area contributed by atoms with Crippen LogP contribution in [0.25, 0.3) is 0 Å². The third-order valence-electron chi connectivity index (χ3n) is 3.05. The van der Waals surface area contributed by atoms with Gasteiger partial charge in [0.25, 0.3) is 0 Å². The van der Waals surface area contributed by atoms with Crippen molar-refractivity contribution < 1.29 is 0 Å². The monoisotopic (exact) mass is 164 g/mol. The summed E-state index contributed by atoms with van der Waals surface area (Å²) >= 11 is 0. The second-order valence-electron chi connectivity index (χ2n) is 4.08. The van der Waals surface area contributed by atoms with Gasteiger partial charge in [0.2, 0.25) is 0 Å². The molecule has 12 heavy (non-hydrogen) atoms. The topological polar surface area (TPSA) is 0 Å². The Hall–Kier alpha value is -0.520. The summed E-state index contributed by atoms with van der Waals surface area (Å²) in [5.74, 6) is 0.801. The number of allylic oxidation sites excluding steroid dienone is 3. The summed E-state index contributed by atoms with van der Waals surface area (Å²) in [4.78, 5) is 0. The lowest BCUT2D eigenvalue weighted by molar-refractivity contribution is 0.479. The first-order valence-corrected chi connectivity index (χ1v) is 4.98. The maximum Gasteiger partial charge on any atom is -0.0226 e. The molecular weight excluding hydrogens is 144 g/mol. The Balaban J connectivity index is 2.82. The van der Waals surface area contributed by atoms with Crippen molar-refractivity contribution in [1.82, 2.24) is 0 Å². The van der Waals surface area contributed by atoms with Gasteiger partial charge in [-0.25, -0.2) is 0 Å². The molecule has 0 heteroatoms. The second kappa shape index (κ2) is 3.93. The van der Waals surface area contributed by atoms with Gasteiger partial charge in [0.1, 0.15) is 0 Å². The van der Waals surface area contributed by atoms with E-state index in [1.807, 2.05) is 0 Å². The Morgan fingerprint density at radius 2 is 2.00 bits per heavy atom. The predicted molar refractivity (Wildman–Crippen MR) is 55.1 cm³/mol. The van der Waals surface area contributed by atoms with Crippen LogP contribution in [0.5, 0.6) is 0 Å². The summed E-state index contributed by atoms with van der Waals surface area (Å²) in [6.07, 6.45) is 5.47. The molecule has 0 bridgehead atoms. The zero-order chi connectivity index (χ0) is 9.14. The molecule has 0 radical (unpaired) electrons. The maximum absolute atomic E-state index is 4.01. The summed E-state index contributed by atoms with van der Waals surface area (Å²) < 4.78 is 0. The molecule has 1 saturated carbocycles. The molecular formula is C12H20. The molecule has 0 spiro atoms. The van der Waals surface area contributed by atoms with Crippen molar-refractivity contribution in [3.8, 4) is 0 Å². The molecule has 0 aliphatic heterocycles. The molecule has 0 aromatic rings. The van der Waals surface area contributed by atoms with Crippen LogP contribution in [-0.4, -0.2) is 0 Å². The lowest BCUT2D eigenvalue weighted by atomic mass is 9.82. The van der Waals surface area contributed by atoms with Crippen molar-refractivity contribution in [2.24, 2.45) is 5.92 Å². The van der Waals surface area contributed by atoms with Crippen molar-refractivity contribution in [3.63, 3.8) is 0 Å². The van der Waals surface area contributed by atoms with Crippen LogP contribution >= 0.6 is 0 Å².